The van der Waals surface area contributed by atoms with Gasteiger partial charge in [-0.3, -0.25) is 10.2 Å². The second-order valence-corrected chi connectivity index (χ2v) is 1.20. The van der Waals surface area contributed by atoms with Crippen LogP contribution in [0.5, 0.6) is 0 Å². The minimum absolute atomic E-state index is 0.0139. The molecular formula is C4H8N2O. The largest absolute Gasteiger partial charge is 0.365 e. The van der Waals surface area contributed by atoms with E-state index in [1.165, 1.54) is 0 Å². The van der Waals surface area contributed by atoms with Gasteiger partial charge in [0.2, 0.25) is 0 Å². The van der Waals surface area contributed by atoms with Crippen LogP contribution in [0.3, 0.4) is 0 Å². The Morgan fingerprint density at radius 2 is 2.29 bits per heavy atom. The zero-order chi connectivity index (χ0) is 5.86. The molecule has 40 valence electrons. The second kappa shape index (κ2) is 2.34. The fourth-order valence-electron chi connectivity index (χ4n) is 0.174. The van der Waals surface area contributed by atoms with Gasteiger partial charge in [0.1, 0.15) is 0 Å². The quantitative estimate of drug-likeness (QED) is 0.467. The van der Waals surface area contributed by atoms with Crippen molar-refractivity contribution in [1.82, 2.24) is 0 Å². The molecule has 3 heteroatoms. The van der Waals surface area contributed by atoms with Gasteiger partial charge in [0.15, 0.2) is 0 Å². The normalized spacial score (nSPS) is 8.14. The highest BCUT2D eigenvalue weighted by Gasteiger charge is 1.96. The highest BCUT2D eigenvalue weighted by Crippen LogP contribution is 1.75. The third-order valence-corrected chi connectivity index (χ3v) is 0.651. The first kappa shape index (κ1) is 6.14. The van der Waals surface area contributed by atoms with Crippen molar-refractivity contribution < 1.29 is 4.79 Å². The summed E-state index contributed by atoms with van der Waals surface area (Å²) in [5, 5.41) is 6.72. The van der Waals surface area contributed by atoms with E-state index in [1.54, 1.807) is 6.92 Å². The van der Waals surface area contributed by atoms with Crippen LogP contribution in [0.4, 0.5) is 0 Å². The number of nitrogens with one attached hydrogen (secondary N) is 1. The van der Waals surface area contributed by atoms with Gasteiger partial charge in [-0.15, -0.1) is 0 Å². The number of amides is 1. The molecule has 0 saturated carbocycles. The van der Waals surface area contributed by atoms with Gasteiger partial charge in [-0.25, -0.2) is 0 Å². The van der Waals surface area contributed by atoms with Crippen LogP contribution in [0.2, 0.25) is 0 Å². The van der Waals surface area contributed by atoms with Gasteiger partial charge in [0, 0.05) is 0 Å². The van der Waals surface area contributed by atoms with E-state index >= 15 is 0 Å². The van der Waals surface area contributed by atoms with Crippen LogP contribution in [0.25, 0.3) is 0 Å². The van der Waals surface area contributed by atoms with Crippen LogP contribution in [-0.4, -0.2) is 11.6 Å². The highest BCUT2D eigenvalue weighted by molar-refractivity contribution is 6.36. The maximum atomic E-state index is 9.93. The molecule has 0 spiro atoms. The van der Waals surface area contributed by atoms with Gasteiger partial charge in [0.25, 0.3) is 5.91 Å². The van der Waals surface area contributed by atoms with Gasteiger partial charge >= 0.3 is 0 Å². The Hall–Kier alpha value is -0.860. The van der Waals surface area contributed by atoms with Gasteiger partial charge in [-0.2, -0.15) is 0 Å². The van der Waals surface area contributed by atoms with E-state index in [0.717, 1.165) is 0 Å². The molecule has 0 aromatic rings. The summed E-state index contributed by atoms with van der Waals surface area (Å²) in [6.07, 6.45) is 0.426. The molecule has 0 unspecified atom stereocenters. The summed E-state index contributed by atoms with van der Waals surface area (Å²) in [4.78, 5) is 9.93. The lowest BCUT2D eigenvalue weighted by Gasteiger charge is -1.86. The highest BCUT2D eigenvalue weighted by atomic mass is 16.1. The maximum Gasteiger partial charge on any atom is 0.262 e. The first-order valence-corrected chi connectivity index (χ1v) is 2.05. The predicted molar refractivity (Wildman–Crippen MR) is 27.2 cm³/mol. The van der Waals surface area contributed by atoms with Crippen LogP contribution in [0.15, 0.2) is 0 Å². The molecule has 1 amide bonds. The smallest absolute Gasteiger partial charge is 0.262 e. The van der Waals surface area contributed by atoms with Crippen molar-refractivity contribution in [3.05, 3.63) is 0 Å². The van der Waals surface area contributed by atoms with Crippen LogP contribution in [-0.2, 0) is 4.79 Å². The zero-order valence-corrected chi connectivity index (χ0v) is 4.19. The van der Waals surface area contributed by atoms with E-state index in [4.69, 9.17) is 5.41 Å². The Bertz CT molecular complexity index is 97.9. The van der Waals surface area contributed by atoms with E-state index in [2.05, 4.69) is 5.73 Å². The van der Waals surface area contributed by atoms with Gasteiger partial charge in [-0.05, 0) is 6.42 Å². The second-order valence-electron chi connectivity index (χ2n) is 1.20. The van der Waals surface area contributed by atoms with Crippen molar-refractivity contribution in [1.29, 1.82) is 5.41 Å². The third-order valence-electron chi connectivity index (χ3n) is 0.651. The summed E-state index contributed by atoms with van der Waals surface area (Å²) in [6.45, 7) is 1.72. The SMILES string of the molecule is CCC(=N)C(N)=O. The summed E-state index contributed by atoms with van der Waals surface area (Å²) >= 11 is 0. The molecule has 0 fully saturated rings. The van der Waals surface area contributed by atoms with Crippen LogP contribution in [0.1, 0.15) is 13.3 Å². The monoisotopic (exact) mass is 100 g/mol. The minimum atomic E-state index is -0.623. The Morgan fingerprint density at radius 1 is 1.86 bits per heavy atom. The van der Waals surface area contributed by atoms with Crippen LogP contribution >= 0.6 is 0 Å². The molecule has 0 atom stereocenters. The molecule has 3 nitrogen and oxygen atoms in total. The topological polar surface area (TPSA) is 66.9 Å². The first-order valence-electron chi connectivity index (χ1n) is 2.05. The first-order chi connectivity index (χ1) is 3.18. The molecule has 0 aromatic carbocycles. The van der Waals surface area contributed by atoms with Crippen molar-refractivity contribution in [3.63, 3.8) is 0 Å². The zero-order valence-electron chi connectivity index (χ0n) is 4.19. The number of rotatable bonds is 2. The molecule has 0 rings (SSSR count). The summed E-state index contributed by atoms with van der Waals surface area (Å²) in [5.41, 5.74) is 4.67. The Morgan fingerprint density at radius 3 is 2.29 bits per heavy atom. The molecule has 7 heavy (non-hydrogen) atoms. The lowest BCUT2D eigenvalue weighted by atomic mass is 10.3. The molecule has 0 aliphatic carbocycles. The Labute approximate surface area is 42.0 Å². The molecule has 0 saturated heterocycles. The van der Waals surface area contributed by atoms with Crippen molar-refractivity contribution >= 4 is 11.6 Å². The van der Waals surface area contributed by atoms with E-state index in [9.17, 15) is 4.79 Å². The maximum absolute atomic E-state index is 9.93. The van der Waals surface area contributed by atoms with Crippen molar-refractivity contribution in [2.75, 3.05) is 0 Å². The number of nitrogens with two attached hydrogens (primary N) is 1. The average Bonchev–Trinajstić information content (AvgIpc) is 1.65. The molecule has 0 heterocycles. The fourth-order valence-corrected chi connectivity index (χ4v) is 0.174. The van der Waals surface area contributed by atoms with Gasteiger partial charge in [-0.1, -0.05) is 6.92 Å². The van der Waals surface area contributed by atoms with Crippen molar-refractivity contribution in [2.24, 2.45) is 5.73 Å². The standard InChI is InChI=1S/C4H8N2O/c1-2-3(5)4(6)7/h5H,2H2,1H3,(H2,6,7). The summed E-state index contributed by atoms with van der Waals surface area (Å²) in [5.74, 6) is -0.623. The van der Waals surface area contributed by atoms with Crippen molar-refractivity contribution in [2.45, 2.75) is 13.3 Å². The van der Waals surface area contributed by atoms with Crippen LogP contribution < -0.4 is 5.73 Å². The van der Waals surface area contributed by atoms with E-state index in [1.807, 2.05) is 0 Å². The summed E-state index contributed by atoms with van der Waals surface area (Å²) in [6, 6.07) is 0. The number of primary amides is 1. The number of hydrogen-bond acceptors (Lipinski definition) is 2. The van der Waals surface area contributed by atoms with Crippen molar-refractivity contribution in [3.8, 4) is 0 Å². The summed E-state index contributed by atoms with van der Waals surface area (Å²) < 4.78 is 0. The van der Waals surface area contributed by atoms with E-state index in [0.29, 0.717) is 6.42 Å². The molecule has 0 bridgehead atoms. The minimum Gasteiger partial charge on any atom is -0.365 e. The lowest BCUT2D eigenvalue weighted by molar-refractivity contribution is -0.112. The van der Waals surface area contributed by atoms with Gasteiger partial charge in [0.05, 0.1) is 5.71 Å². The van der Waals surface area contributed by atoms with Gasteiger partial charge < -0.3 is 5.73 Å². The lowest BCUT2D eigenvalue weighted by Crippen LogP contribution is -2.20. The molecule has 0 aliphatic rings. The Kier molecular flexibility index (Phi) is 2.05. The molecular weight excluding hydrogens is 92.1 g/mol. The molecule has 0 aromatic heterocycles. The fraction of sp³-hybridized carbons (Fsp3) is 0.500. The predicted octanol–water partition coefficient (Wildman–Crippen LogP) is -0.0985. The third kappa shape index (κ3) is 1.92. The van der Waals surface area contributed by atoms with Crippen LogP contribution in [0, 0.1) is 5.41 Å². The number of hydrogen-bond donors (Lipinski definition) is 2. The Balaban J connectivity index is 3.58. The molecule has 0 radical (unpaired) electrons. The number of carbonyl (C=O) groups is 1. The van der Waals surface area contributed by atoms with E-state index < -0.39 is 5.91 Å². The molecule has 3 N–H and O–H groups in total. The number of carbonyl (C=O) groups excluding carboxylic acids is 1. The molecule has 0 aliphatic heterocycles. The average molecular weight is 100 g/mol. The summed E-state index contributed by atoms with van der Waals surface area (Å²) in [7, 11) is 0. The van der Waals surface area contributed by atoms with E-state index in [-0.39, 0.29) is 5.71 Å².